The first-order valence-corrected chi connectivity index (χ1v) is 10.1. The van der Waals surface area contributed by atoms with E-state index in [9.17, 15) is 8.42 Å². The molecule has 1 aromatic carbocycles. The van der Waals surface area contributed by atoms with Crippen LogP contribution in [0.1, 0.15) is 25.3 Å². The third-order valence-corrected chi connectivity index (χ3v) is 6.21. The summed E-state index contributed by atoms with van der Waals surface area (Å²) >= 11 is 7.77. The van der Waals surface area contributed by atoms with Crippen LogP contribution in [0.25, 0.3) is 0 Å². The van der Waals surface area contributed by atoms with E-state index in [1.165, 1.54) is 12.8 Å². The third kappa shape index (κ3) is 5.14. The fraction of sp³-hybridized carbons (Fsp3) is 0.571. The second-order valence-corrected chi connectivity index (χ2v) is 8.76. The van der Waals surface area contributed by atoms with Crippen molar-refractivity contribution in [3.63, 3.8) is 0 Å². The summed E-state index contributed by atoms with van der Waals surface area (Å²) < 4.78 is 27.2. The van der Waals surface area contributed by atoms with E-state index in [1.54, 1.807) is 30.0 Å². The Hall–Kier alpha value is -0.270. The highest BCUT2D eigenvalue weighted by Gasteiger charge is 2.21. The van der Waals surface area contributed by atoms with Crippen LogP contribution in [0.3, 0.4) is 0 Å². The molecule has 0 radical (unpaired) electrons. The molecule has 1 saturated carbocycles. The molecule has 7 heteroatoms. The van der Waals surface area contributed by atoms with Gasteiger partial charge in [0, 0.05) is 29.4 Å². The van der Waals surface area contributed by atoms with E-state index in [0.29, 0.717) is 24.2 Å². The zero-order valence-corrected chi connectivity index (χ0v) is 14.6. The Bertz CT molecular complexity index is 589. The van der Waals surface area contributed by atoms with Gasteiger partial charge in [0.05, 0.1) is 4.90 Å². The molecule has 21 heavy (non-hydrogen) atoms. The van der Waals surface area contributed by atoms with Crippen LogP contribution in [-0.2, 0) is 16.6 Å². The number of thioether (sulfide) groups is 1. The molecule has 118 valence electrons. The molecule has 0 aliphatic heterocycles. The summed E-state index contributed by atoms with van der Waals surface area (Å²) in [5.41, 5.74) is 0.823. The van der Waals surface area contributed by atoms with E-state index in [4.69, 9.17) is 11.6 Å². The minimum atomic E-state index is -3.48. The van der Waals surface area contributed by atoms with Crippen molar-refractivity contribution < 1.29 is 8.42 Å². The molecule has 0 bridgehead atoms. The fourth-order valence-electron chi connectivity index (χ4n) is 1.79. The summed E-state index contributed by atoms with van der Waals surface area (Å²) in [6.07, 6.45) is 4.33. The molecule has 1 atom stereocenters. The second kappa shape index (κ2) is 7.33. The van der Waals surface area contributed by atoms with Gasteiger partial charge in [-0.25, -0.2) is 13.1 Å². The minimum absolute atomic E-state index is 0.239. The quantitative estimate of drug-likeness (QED) is 0.758. The Kier molecular flexibility index (Phi) is 5.96. The Morgan fingerprint density at radius 3 is 2.76 bits per heavy atom. The predicted molar refractivity (Wildman–Crippen MR) is 89.5 cm³/mol. The number of rotatable bonds is 8. The maximum atomic E-state index is 12.3. The van der Waals surface area contributed by atoms with E-state index in [0.717, 1.165) is 5.56 Å². The van der Waals surface area contributed by atoms with Gasteiger partial charge < -0.3 is 5.32 Å². The normalized spacial score (nSPS) is 16.9. The maximum absolute atomic E-state index is 12.3. The molecular formula is C14H21ClN2O2S2. The van der Waals surface area contributed by atoms with Gasteiger partial charge in [-0.1, -0.05) is 18.5 Å². The highest BCUT2D eigenvalue weighted by Crippen LogP contribution is 2.23. The molecule has 0 heterocycles. The van der Waals surface area contributed by atoms with E-state index in [1.807, 2.05) is 13.2 Å². The van der Waals surface area contributed by atoms with Crippen molar-refractivity contribution in [2.24, 2.45) is 0 Å². The van der Waals surface area contributed by atoms with Gasteiger partial charge >= 0.3 is 0 Å². The van der Waals surface area contributed by atoms with Crippen molar-refractivity contribution in [3.05, 3.63) is 28.8 Å². The lowest BCUT2D eigenvalue weighted by Crippen LogP contribution is -2.29. The number of halogens is 1. The Labute approximate surface area is 136 Å². The van der Waals surface area contributed by atoms with Gasteiger partial charge in [0.1, 0.15) is 0 Å². The van der Waals surface area contributed by atoms with E-state index >= 15 is 0 Å². The van der Waals surface area contributed by atoms with Gasteiger partial charge in [0.2, 0.25) is 10.0 Å². The number of benzene rings is 1. The molecule has 0 saturated heterocycles. The van der Waals surface area contributed by atoms with Gasteiger partial charge in [-0.15, -0.1) is 0 Å². The lowest BCUT2D eigenvalue weighted by atomic mass is 10.2. The van der Waals surface area contributed by atoms with Crippen LogP contribution in [0.5, 0.6) is 0 Å². The minimum Gasteiger partial charge on any atom is -0.310 e. The van der Waals surface area contributed by atoms with Gasteiger partial charge in [0.15, 0.2) is 0 Å². The van der Waals surface area contributed by atoms with Crippen LogP contribution < -0.4 is 10.0 Å². The van der Waals surface area contributed by atoms with Crippen molar-refractivity contribution in [2.75, 3.05) is 12.8 Å². The summed E-state index contributed by atoms with van der Waals surface area (Å²) in [5.74, 6) is 0. The molecular weight excluding hydrogens is 328 g/mol. The lowest BCUT2D eigenvalue weighted by molar-refractivity contribution is 0.581. The number of sulfonamides is 1. The Balaban J connectivity index is 2.08. The summed E-state index contributed by atoms with van der Waals surface area (Å²) in [6, 6.07) is 5.42. The van der Waals surface area contributed by atoms with Crippen molar-refractivity contribution in [1.29, 1.82) is 0 Å². The van der Waals surface area contributed by atoms with Crippen molar-refractivity contribution in [3.8, 4) is 0 Å². The first kappa shape index (κ1) is 17.1. The molecule has 4 nitrogen and oxygen atoms in total. The molecule has 1 aliphatic rings. The first-order valence-electron chi connectivity index (χ1n) is 6.96. The monoisotopic (exact) mass is 348 g/mol. The Morgan fingerprint density at radius 2 is 2.14 bits per heavy atom. The number of hydrogen-bond acceptors (Lipinski definition) is 4. The van der Waals surface area contributed by atoms with Crippen LogP contribution in [0.15, 0.2) is 23.1 Å². The van der Waals surface area contributed by atoms with Gasteiger partial charge in [-0.3, -0.25) is 0 Å². The van der Waals surface area contributed by atoms with E-state index < -0.39 is 10.0 Å². The summed E-state index contributed by atoms with van der Waals surface area (Å²) in [4.78, 5) is 0.271. The van der Waals surface area contributed by atoms with Crippen molar-refractivity contribution >= 4 is 33.4 Å². The highest BCUT2D eigenvalue weighted by molar-refractivity contribution is 7.99. The molecule has 1 fully saturated rings. The molecule has 0 spiro atoms. The molecule has 1 aliphatic carbocycles. The largest absolute Gasteiger partial charge is 0.310 e. The lowest BCUT2D eigenvalue weighted by Gasteiger charge is -2.12. The van der Waals surface area contributed by atoms with Gasteiger partial charge in [-0.05, 0) is 42.9 Å². The molecule has 2 rings (SSSR count). The van der Waals surface area contributed by atoms with Crippen molar-refractivity contribution in [2.45, 2.75) is 42.5 Å². The van der Waals surface area contributed by atoms with Crippen LogP contribution in [0.4, 0.5) is 0 Å². The third-order valence-electron chi connectivity index (χ3n) is 3.45. The molecule has 1 unspecified atom stereocenters. The average Bonchev–Trinajstić information content (AvgIpc) is 3.28. The standard InChI is InChI=1S/C14H21ClN2O2S2/c1-10(20-2)8-17-21(18,19)13-5-6-14(15)11(7-13)9-16-12-3-4-12/h5-7,10,12,16-17H,3-4,8-9H2,1-2H3. The van der Waals surface area contributed by atoms with E-state index in [2.05, 4.69) is 10.0 Å². The maximum Gasteiger partial charge on any atom is 0.240 e. The zero-order chi connectivity index (χ0) is 15.5. The van der Waals surface area contributed by atoms with Gasteiger partial charge in [0.25, 0.3) is 0 Å². The van der Waals surface area contributed by atoms with Crippen LogP contribution in [-0.4, -0.2) is 32.5 Å². The second-order valence-electron chi connectivity index (χ2n) is 5.31. The summed E-state index contributed by atoms with van der Waals surface area (Å²) in [7, 11) is -3.48. The summed E-state index contributed by atoms with van der Waals surface area (Å²) in [5, 5.41) is 4.18. The smallest absolute Gasteiger partial charge is 0.240 e. The first-order chi connectivity index (χ1) is 9.92. The van der Waals surface area contributed by atoms with E-state index in [-0.39, 0.29) is 10.1 Å². The number of hydrogen-bond donors (Lipinski definition) is 2. The van der Waals surface area contributed by atoms with Crippen LogP contribution in [0.2, 0.25) is 5.02 Å². The zero-order valence-electron chi connectivity index (χ0n) is 12.2. The SMILES string of the molecule is CSC(C)CNS(=O)(=O)c1ccc(Cl)c(CNC2CC2)c1. The molecule has 0 amide bonds. The van der Waals surface area contributed by atoms with Crippen LogP contribution >= 0.6 is 23.4 Å². The topological polar surface area (TPSA) is 58.2 Å². The molecule has 2 N–H and O–H groups in total. The average molecular weight is 349 g/mol. The van der Waals surface area contributed by atoms with Crippen LogP contribution in [0, 0.1) is 0 Å². The molecule has 0 aromatic heterocycles. The Morgan fingerprint density at radius 1 is 1.43 bits per heavy atom. The van der Waals surface area contributed by atoms with Crippen molar-refractivity contribution in [1.82, 2.24) is 10.0 Å². The number of nitrogens with one attached hydrogen (secondary N) is 2. The fourth-order valence-corrected chi connectivity index (χ4v) is 3.51. The molecule has 1 aromatic rings. The highest BCUT2D eigenvalue weighted by atomic mass is 35.5. The predicted octanol–water partition coefficient (Wildman–Crippen LogP) is 2.62. The van der Waals surface area contributed by atoms with Gasteiger partial charge in [-0.2, -0.15) is 11.8 Å². The summed E-state index contributed by atoms with van der Waals surface area (Å²) in [6.45, 7) is 3.01.